The van der Waals surface area contributed by atoms with Gasteiger partial charge in [0.1, 0.15) is 5.75 Å². The van der Waals surface area contributed by atoms with Gasteiger partial charge < -0.3 is 9.72 Å². The molecular weight excluding hydrogens is 228 g/mol. The molecule has 0 amide bonds. The van der Waals surface area contributed by atoms with Gasteiger partial charge in [0, 0.05) is 5.56 Å². The summed E-state index contributed by atoms with van der Waals surface area (Å²) in [6.07, 6.45) is 2.40. The minimum absolute atomic E-state index is 0.345. The summed E-state index contributed by atoms with van der Waals surface area (Å²) >= 11 is 0. The Labute approximate surface area is 106 Å². The van der Waals surface area contributed by atoms with Crippen molar-refractivity contribution in [3.05, 3.63) is 34.8 Å². The molecule has 0 bridgehead atoms. The fourth-order valence-electron chi connectivity index (χ4n) is 2.20. The molecule has 0 unspecified atom stereocenters. The van der Waals surface area contributed by atoms with Crippen LogP contribution in [0.25, 0.3) is 11.3 Å². The Kier molecular flexibility index (Phi) is 3.19. The molecule has 1 aromatic carbocycles. The molecule has 0 fully saturated rings. The zero-order valence-electron chi connectivity index (χ0n) is 11.0. The summed E-state index contributed by atoms with van der Waals surface area (Å²) in [6.45, 7) is 6.08. The van der Waals surface area contributed by atoms with Crippen molar-refractivity contribution < 1.29 is 9.53 Å². The Balaban J connectivity index is 2.64. The summed E-state index contributed by atoms with van der Waals surface area (Å²) in [4.78, 5) is 17.7. The molecule has 0 aliphatic carbocycles. The number of aromatic nitrogens is 2. The number of aldehydes is 1. The molecular formula is C14H16N2O2. The lowest BCUT2D eigenvalue weighted by atomic mass is 9.95. The van der Waals surface area contributed by atoms with Crippen LogP contribution in [0.4, 0.5) is 0 Å². The lowest BCUT2D eigenvalue weighted by Crippen LogP contribution is -1.96. The standard InChI is InChI=1S/C14H16N2O2/c1-8-5-12(18-4)9(2)10(3)14(8)11-6-15-13(7-17)16-11/h5-7H,1-4H3,(H,15,16). The third-order valence-corrected chi connectivity index (χ3v) is 3.25. The highest BCUT2D eigenvalue weighted by atomic mass is 16.5. The number of H-pyrrole nitrogens is 1. The maximum Gasteiger partial charge on any atom is 0.185 e. The second-order valence-electron chi connectivity index (χ2n) is 4.32. The number of benzene rings is 1. The number of hydrogen-bond donors (Lipinski definition) is 1. The van der Waals surface area contributed by atoms with Gasteiger partial charge >= 0.3 is 0 Å². The normalized spacial score (nSPS) is 10.4. The van der Waals surface area contributed by atoms with E-state index >= 15 is 0 Å². The lowest BCUT2D eigenvalue weighted by molar-refractivity contribution is 0.111. The Hall–Kier alpha value is -2.10. The zero-order chi connectivity index (χ0) is 13.3. The largest absolute Gasteiger partial charge is 0.496 e. The number of aryl methyl sites for hydroxylation is 1. The molecule has 4 heteroatoms. The maximum absolute atomic E-state index is 10.7. The van der Waals surface area contributed by atoms with E-state index in [2.05, 4.69) is 9.97 Å². The van der Waals surface area contributed by atoms with E-state index in [0.29, 0.717) is 12.1 Å². The molecule has 0 atom stereocenters. The van der Waals surface area contributed by atoms with Gasteiger partial charge in [-0.3, -0.25) is 4.79 Å². The molecule has 0 saturated heterocycles. The van der Waals surface area contributed by atoms with E-state index in [-0.39, 0.29) is 0 Å². The third-order valence-electron chi connectivity index (χ3n) is 3.25. The number of nitrogens with zero attached hydrogens (tertiary/aromatic N) is 1. The first kappa shape index (κ1) is 12.4. The number of hydrogen-bond acceptors (Lipinski definition) is 3. The van der Waals surface area contributed by atoms with Crippen LogP contribution in [0.1, 0.15) is 27.3 Å². The van der Waals surface area contributed by atoms with Gasteiger partial charge in [0.05, 0.1) is 19.0 Å². The fraction of sp³-hybridized carbons (Fsp3) is 0.286. The number of imidazole rings is 1. The Morgan fingerprint density at radius 1 is 1.28 bits per heavy atom. The monoisotopic (exact) mass is 244 g/mol. The topological polar surface area (TPSA) is 55.0 Å². The number of carbonyl (C=O) groups excluding carboxylic acids is 1. The van der Waals surface area contributed by atoms with Crippen molar-refractivity contribution in [1.29, 1.82) is 0 Å². The number of aromatic amines is 1. The molecule has 1 aromatic heterocycles. The van der Waals surface area contributed by atoms with Crippen LogP contribution >= 0.6 is 0 Å². The van der Waals surface area contributed by atoms with E-state index in [1.807, 2.05) is 26.8 Å². The fourth-order valence-corrected chi connectivity index (χ4v) is 2.20. The minimum atomic E-state index is 0.345. The number of carbonyl (C=O) groups is 1. The molecule has 94 valence electrons. The van der Waals surface area contributed by atoms with Crippen molar-refractivity contribution in [3.63, 3.8) is 0 Å². The Morgan fingerprint density at radius 3 is 2.56 bits per heavy atom. The maximum atomic E-state index is 10.7. The van der Waals surface area contributed by atoms with Gasteiger partial charge in [0.15, 0.2) is 12.1 Å². The summed E-state index contributed by atoms with van der Waals surface area (Å²) in [6, 6.07) is 2.00. The molecule has 0 saturated carbocycles. The lowest BCUT2D eigenvalue weighted by Gasteiger charge is -2.14. The number of rotatable bonds is 3. The van der Waals surface area contributed by atoms with Crippen molar-refractivity contribution in [2.75, 3.05) is 7.11 Å². The first-order valence-electron chi connectivity index (χ1n) is 5.73. The minimum Gasteiger partial charge on any atom is -0.496 e. The van der Waals surface area contributed by atoms with Crippen LogP contribution < -0.4 is 4.74 Å². The summed E-state index contributed by atoms with van der Waals surface area (Å²) < 4.78 is 5.34. The van der Waals surface area contributed by atoms with Gasteiger partial charge in [-0.1, -0.05) is 0 Å². The van der Waals surface area contributed by atoms with Crippen molar-refractivity contribution in [1.82, 2.24) is 9.97 Å². The molecule has 1 N–H and O–H groups in total. The second kappa shape index (κ2) is 4.64. The highest BCUT2D eigenvalue weighted by Crippen LogP contribution is 2.33. The van der Waals surface area contributed by atoms with Crippen LogP contribution in [0.15, 0.2) is 12.3 Å². The number of nitrogens with one attached hydrogen (secondary N) is 1. The van der Waals surface area contributed by atoms with Gasteiger partial charge in [-0.2, -0.15) is 0 Å². The first-order valence-corrected chi connectivity index (χ1v) is 5.73. The van der Waals surface area contributed by atoms with Crippen molar-refractivity contribution in [2.45, 2.75) is 20.8 Å². The summed E-state index contributed by atoms with van der Waals surface area (Å²) in [5.74, 6) is 1.22. The van der Waals surface area contributed by atoms with Crippen LogP contribution in [0.2, 0.25) is 0 Å². The van der Waals surface area contributed by atoms with Crippen LogP contribution in [0, 0.1) is 20.8 Å². The Bertz CT molecular complexity index is 600. The smallest absolute Gasteiger partial charge is 0.185 e. The molecule has 0 aliphatic rings. The molecule has 1 heterocycles. The van der Waals surface area contributed by atoms with Crippen LogP contribution in [0.5, 0.6) is 5.75 Å². The average molecular weight is 244 g/mol. The summed E-state index contributed by atoms with van der Waals surface area (Å²) in [5.41, 5.74) is 5.26. The van der Waals surface area contributed by atoms with E-state index in [1.165, 1.54) is 0 Å². The summed E-state index contributed by atoms with van der Waals surface area (Å²) in [7, 11) is 1.67. The molecule has 0 radical (unpaired) electrons. The molecule has 0 aliphatic heterocycles. The highest BCUT2D eigenvalue weighted by molar-refractivity contribution is 5.75. The molecule has 4 nitrogen and oxygen atoms in total. The number of methoxy groups -OCH3 is 1. The van der Waals surface area contributed by atoms with Gasteiger partial charge in [-0.25, -0.2) is 4.98 Å². The molecule has 18 heavy (non-hydrogen) atoms. The van der Waals surface area contributed by atoms with E-state index in [1.54, 1.807) is 13.3 Å². The predicted octanol–water partition coefficient (Wildman–Crippen LogP) is 2.82. The SMILES string of the molecule is COc1cc(C)c(-c2cnc(C=O)[nH]2)c(C)c1C. The molecule has 2 aromatic rings. The van der Waals surface area contributed by atoms with E-state index in [4.69, 9.17) is 4.74 Å². The summed E-state index contributed by atoms with van der Waals surface area (Å²) in [5, 5.41) is 0. The van der Waals surface area contributed by atoms with Gasteiger partial charge in [-0.15, -0.1) is 0 Å². The third kappa shape index (κ3) is 1.90. The second-order valence-corrected chi connectivity index (χ2v) is 4.32. The Morgan fingerprint density at radius 2 is 2.00 bits per heavy atom. The quantitative estimate of drug-likeness (QED) is 0.845. The highest BCUT2D eigenvalue weighted by Gasteiger charge is 2.14. The van der Waals surface area contributed by atoms with Crippen LogP contribution in [-0.2, 0) is 0 Å². The van der Waals surface area contributed by atoms with E-state index < -0.39 is 0 Å². The van der Waals surface area contributed by atoms with Gasteiger partial charge in [-0.05, 0) is 43.5 Å². The predicted molar refractivity (Wildman–Crippen MR) is 70.2 cm³/mol. The van der Waals surface area contributed by atoms with Crippen molar-refractivity contribution in [3.8, 4) is 17.0 Å². The van der Waals surface area contributed by atoms with E-state index in [9.17, 15) is 4.79 Å². The van der Waals surface area contributed by atoms with Crippen molar-refractivity contribution >= 4 is 6.29 Å². The van der Waals surface area contributed by atoms with Crippen molar-refractivity contribution in [2.24, 2.45) is 0 Å². The number of ether oxygens (including phenoxy) is 1. The molecule has 0 spiro atoms. The van der Waals surface area contributed by atoms with Crippen LogP contribution in [0.3, 0.4) is 0 Å². The average Bonchev–Trinajstić information content (AvgIpc) is 2.82. The van der Waals surface area contributed by atoms with Gasteiger partial charge in [0.25, 0.3) is 0 Å². The first-order chi connectivity index (χ1) is 8.58. The van der Waals surface area contributed by atoms with Crippen LogP contribution in [-0.4, -0.2) is 23.4 Å². The zero-order valence-corrected chi connectivity index (χ0v) is 11.0. The van der Waals surface area contributed by atoms with Gasteiger partial charge in [0.2, 0.25) is 0 Å². The molecule has 2 rings (SSSR count). The van der Waals surface area contributed by atoms with E-state index in [0.717, 1.165) is 33.7 Å².